The number of hydrogen-bond donors (Lipinski definition) is 2. The fourth-order valence-corrected chi connectivity index (χ4v) is 3.65. The number of hydrogen-bond acceptors (Lipinski definition) is 3. The highest BCUT2D eigenvalue weighted by molar-refractivity contribution is 5.80. The minimum Gasteiger partial charge on any atom is -0.396 e. The normalized spacial score (nSPS) is 19.7. The van der Waals surface area contributed by atoms with E-state index in [2.05, 4.69) is 42.3 Å². The zero-order valence-corrected chi connectivity index (χ0v) is 16.3. The van der Waals surface area contributed by atoms with Gasteiger partial charge in [0, 0.05) is 51.9 Å². The molecular formula is C19H35N5O. The lowest BCUT2D eigenvalue weighted by atomic mass is 9.94. The largest absolute Gasteiger partial charge is 0.396 e. The van der Waals surface area contributed by atoms with Crippen molar-refractivity contribution in [3.63, 3.8) is 0 Å². The standard InChI is InChI=1S/C19H35N5O/c1-5-20-19(21-11-16(7-9-25)10-15(2)3)24-8-6-17(14-24)18-12-22-23(4)13-18/h12-13,15-17,25H,5-11,14H2,1-4H3,(H,20,21). The van der Waals surface area contributed by atoms with E-state index in [-0.39, 0.29) is 6.61 Å². The second-order valence-corrected chi connectivity index (χ2v) is 7.58. The summed E-state index contributed by atoms with van der Waals surface area (Å²) in [7, 11) is 1.97. The molecule has 0 radical (unpaired) electrons. The summed E-state index contributed by atoms with van der Waals surface area (Å²) in [5.74, 6) is 2.63. The summed E-state index contributed by atoms with van der Waals surface area (Å²) in [6.45, 7) is 10.5. The molecule has 2 atom stereocenters. The number of rotatable bonds is 8. The van der Waals surface area contributed by atoms with Crippen molar-refractivity contribution < 1.29 is 5.11 Å². The van der Waals surface area contributed by atoms with Gasteiger partial charge in [0.25, 0.3) is 0 Å². The highest BCUT2D eigenvalue weighted by Gasteiger charge is 2.27. The lowest BCUT2D eigenvalue weighted by Crippen LogP contribution is -2.40. The van der Waals surface area contributed by atoms with Crippen molar-refractivity contribution in [3.8, 4) is 0 Å². The molecule has 1 saturated heterocycles. The van der Waals surface area contributed by atoms with Gasteiger partial charge in [0.15, 0.2) is 5.96 Å². The van der Waals surface area contributed by atoms with E-state index in [1.807, 2.05) is 17.9 Å². The molecule has 1 aromatic rings. The van der Waals surface area contributed by atoms with Crippen molar-refractivity contribution in [3.05, 3.63) is 18.0 Å². The first kappa shape index (κ1) is 19.8. The van der Waals surface area contributed by atoms with Gasteiger partial charge in [-0.25, -0.2) is 0 Å². The van der Waals surface area contributed by atoms with Gasteiger partial charge in [-0.05, 0) is 43.6 Å². The molecule has 6 heteroatoms. The molecule has 142 valence electrons. The van der Waals surface area contributed by atoms with E-state index < -0.39 is 0 Å². The van der Waals surface area contributed by atoms with Crippen molar-refractivity contribution in [1.29, 1.82) is 0 Å². The van der Waals surface area contributed by atoms with E-state index in [1.165, 1.54) is 5.56 Å². The first-order valence-electron chi connectivity index (χ1n) is 9.66. The highest BCUT2D eigenvalue weighted by Crippen LogP contribution is 2.26. The minimum atomic E-state index is 0.246. The fraction of sp³-hybridized carbons (Fsp3) is 0.789. The SMILES string of the molecule is CCNC(=NCC(CCO)CC(C)C)N1CCC(c2cnn(C)c2)C1. The summed E-state index contributed by atoms with van der Waals surface area (Å²) in [4.78, 5) is 7.27. The Morgan fingerprint density at radius 1 is 1.48 bits per heavy atom. The van der Waals surface area contributed by atoms with E-state index in [0.29, 0.717) is 17.8 Å². The predicted molar refractivity (Wildman–Crippen MR) is 103 cm³/mol. The van der Waals surface area contributed by atoms with Gasteiger partial charge in [-0.1, -0.05) is 13.8 Å². The van der Waals surface area contributed by atoms with Crippen LogP contribution in [0, 0.1) is 11.8 Å². The lowest BCUT2D eigenvalue weighted by Gasteiger charge is -2.23. The van der Waals surface area contributed by atoms with E-state index in [1.54, 1.807) is 0 Å². The van der Waals surface area contributed by atoms with Crippen LogP contribution in [0.2, 0.25) is 0 Å². The Labute approximate surface area is 152 Å². The zero-order chi connectivity index (χ0) is 18.2. The van der Waals surface area contributed by atoms with Crippen LogP contribution < -0.4 is 5.32 Å². The Kier molecular flexibility index (Phi) is 7.75. The van der Waals surface area contributed by atoms with Gasteiger partial charge in [-0.3, -0.25) is 9.67 Å². The Bertz CT molecular complexity index is 540. The maximum absolute atomic E-state index is 9.31. The molecular weight excluding hydrogens is 314 g/mol. The number of likely N-dealkylation sites (tertiary alicyclic amines) is 1. The second kappa shape index (κ2) is 9.80. The van der Waals surface area contributed by atoms with Crippen LogP contribution in [0.15, 0.2) is 17.4 Å². The molecule has 6 nitrogen and oxygen atoms in total. The lowest BCUT2D eigenvalue weighted by molar-refractivity contribution is 0.245. The molecule has 2 N–H and O–H groups in total. The number of nitrogens with one attached hydrogen (secondary N) is 1. The monoisotopic (exact) mass is 349 g/mol. The molecule has 1 aliphatic heterocycles. The molecule has 2 unspecified atom stereocenters. The molecule has 0 amide bonds. The van der Waals surface area contributed by atoms with Crippen molar-refractivity contribution >= 4 is 5.96 Å². The first-order chi connectivity index (χ1) is 12.0. The molecule has 2 rings (SSSR count). The van der Waals surface area contributed by atoms with Crippen molar-refractivity contribution in [2.24, 2.45) is 23.9 Å². The summed E-state index contributed by atoms with van der Waals surface area (Å²) in [6.07, 6.45) is 7.19. The number of aliphatic imine (C=N–C) groups is 1. The van der Waals surface area contributed by atoms with Crippen LogP contribution in [-0.4, -0.2) is 58.5 Å². The van der Waals surface area contributed by atoms with Crippen LogP contribution in [0.5, 0.6) is 0 Å². The van der Waals surface area contributed by atoms with Gasteiger partial charge in [0.05, 0.1) is 6.20 Å². The molecule has 2 heterocycles. The first-order valence-corrected chi connectivity index (χ1v) is 9.66. The summed E-state index contributed by atoms with van der Waals surface area (Å²) >= 11 is 0. The van der Waals surface area contributed by atoms with Gasteiger partial charge < -0.3 is 15.3 Å². The fourth-order valence-electron chi connectivity index (χ4n) is 3.65. The third-order valence-electron chi connectivity index (χ3n) is 4.86. The zero-order valence-electron chi connectivity index (χ0n) is 16.3. The number of aryl methyl sites for hydroxylation is 1. The molecule has 0 aromatic carbocycles. The maximum atomic E-state index is 9.31. The van der Waals surface area contributed by atoms with Crippen LogP contribution >= 0.6 is 0 Å². The maximum Gasteiger partial charge on any atom is 0.193 e. The van der Waals surface area contributed by atoms with Crippen molar-refractivity contribution in [2.75, 3.05) is 32.8 Å². The number of aliphatic hydroxyl groups excluding tert-OH is 1. The number of guanidine groups is 1. The predicted octanol–water partition coefficient (Wildman–Crippen LogP) is 2.22. The quantitative estimate of drug-likeness (QED) is 0.558. The van der Waals surface area contributed by atoms with Crippen LogP contribution in [0.25, 0.3) is 0 Å². The van der Waals surface area contributed by atoms with E-state index >= 15 is 0 Å². The van der Waals surface area contributed by atoms with Crippen molar-refractivity contribution in [1.82, 2.24) is 20.0 Å². The Morgan fingerprint density at radius 3 is 2.88 bits per heavy atom. The second-order valence-electron chi connectivity index (χ2n) is 7.58. The third kappa shape index (κ3) is 6.03. The van der Waals surface area contributed by atoms with Crippen LogP contribution in [0.4, 0.5) is 0 Å². The molecule has 0 saturated carbocycles. The van der Waals surface area contributed by atoms with Gasteiger partial charge in [-0.2, -0.15) is 5.10 Å². The van der Waals surface area contributed by atoms with E-state index in [4.69, 9.17) is 4.99 Å². The molecule has 1 fully saturated rings. The summed E-state index contributed by atoms with van der Waals surface area (Å²) in [5, 5.41) is 17.1. The van der Waals surface area contributed by atoms with E-state index in [9.17, 15) is 5.11 Å². The van der Waals surface area contributed by atoms with Crippen LogP contribution in [0.3, 0.4) is 0 Å². The van der Waals surface area contributed by atoms with Gasteiger partial charge in [-0.15, -0.1) is 0 Å². The number of nitrogens with zero attached hydrogens (tertiary/aromatic N) is 4. The number of aliphatic hydroxyl groups is 1. The molecule has 0 spiro atoms. The number of aromatic nitrogens is 2. The third-order valence-corrected chi connectivity index (χ3v) is 4.86. The Hall–Kier alpha value is -1.56. The van der Waals surface area contributed by atoms with E-state index in [0.717, 1.165) is 51.4 Å². The molecule has 1 aromatic heterocycles. The minimum absolute atomic E-state index is 0.246. The van der Waals surface area contributed by atoms with Gasteiger partial charge >= 0.3 is 0 Å². The van der Waals surface area contributed by atoms with Crippen molar-refractivity contribution in [2.45, 2.75) is 46.0 Å². The molecule has 0 bridgehead atoms. The smallest absolute Gasteiger partial charge is 0.193 e. The highest BCUT2D eigenvalue weighted by atomic mass is 16.3. The Morgan fingerprint density at radius 2 is 2.28 bits per heavy atom. The molecule has 25 heavy (non-hydrogen) atoms. The average Bonchev–Trinajstić information content (AvgIpc) is 3.19. The Balaban J connectivity index is 1.99. The van der Waals surface area contributed by atoms with Crippen LogP contribution in [-0.2, 0) is 7.05 Å². The van der Waals surface area contributed by atoms with Crippen LogP contribution in [0.1, 0.15) is 51.5 Å². The summed E-state index contributed by atoms with van der Waals surface area (Å²) < 4.78 is 1.88. The van der Waals surface area contributed by atoms with Gasteiger partial charge in [0.1, 0.15) is 0 Å². The molecule has 1 aliphatic rings. The molecule has 0 aliphatic carbocycles. The average molecular weight is 350 g/mol. The van der Waals surface area contributed by atoms with Gasteiger partial charge in [0.2, 0.25) is 0 Å². The summed E-state index contributed by atoms with van der Waals surface area (Å²) in [5.41, 5.74) is 1.32. The topological polar surface area (TPSA) is 65.7 Å². The summed E-state index contributed by atoms with van der Waals surface area (Å²) in [6, 6.07) is 0.